The zero-order valence-electron chi connectivity index (χ0n) is 18.3. The van der Waals surface area contributed by atoms with Gasteiger partial charge in [0.1, 0.15) is 11.6 Å². The van der Waals surface area contributed by atoms with Gasteiger partial charge in [0.05, 0.1) is 4.92 Å². The smallest absolute Gasteiger partial charge is 0.269 e. The number of hydrogen-bond donors (Lipinski definition) is 2. The molecule has 0 atom stereocenters. The molecule has 0 aliphatic carbocycles. The van der Waals surface area contributed by atoms with E-state index in [1.165, 1.54) is 35.2 Å². The molecule has 11 heteroatoms. The van der Waals surface area contributed by atoms with Crippen molar-refractivity contribution in [3.05, 3.63) is 104 Å². The third kappa shape index (κ3) is 6.81. The Bertz CT molecular complexity index is 1230. The largest absolute Gasteiger partial charge is 0.334 e. The summed E-state index contributed by atoms with van der Waals surface area (Å²) in [4.78, 5) is 37.1. The molecule has 3 N–H and O–H groups in total. The van der Waals surface area contributed by atoms with Crippen LogP contribution in [0.25, 0.3) is 0 Å². The van der Waals surface area contributed by atoms with Crippen molar-refractivity contribution in [2.75, 3.05) is 18.4 Å². The number of halogens is 3. The van der Waals surface area contributed by atoms with Crippen LogP contribution in [-0.4, -0.2) is 34.7 Å². The number of carbonyl (C=O) groups is 2. The number of hydrogen-bond acceptors (Lipinski definition) is 5. The van der Waals surface area contributed by atoms with E-state index in [2.05, 4.69) is 5.32 Å². The Kier molecular flexibility index (Phi) is 8.45. The highest BCUT2D eigenvalue weighted by Gasteiger charge is 2.19. The van der Waals surface area contributed by atoms with Gasteiger partial charge in [-0.1, -0.05) is 11.6 Å². The van der Waals surface area contributed by atoms with Crippen LogP contribution in [-0.2, 0) is 6.54 Å². The van der Waals surface area contributed by atoms with Crippen molar-refractivity contribution in [2.45, 2.75) is 13.0 Å². The highest BCUT2D eigenvalue weighted by Crippen LogP contribution is 2.24. The Morgan fingerprint density at radius 3 is 2.26 bits per heavy atom. The van der Waals surface area contributed by atoms with Crippen molar-refractivity contribution in [3.8, 4) is 0 Å². The number of nitro benzene ring substituents is 1. The van der Waals surface area contributed by atoms with Crippen LogP contribution in [0.15, 0.2) is 60.7 Å². The van der Waals surface area contributed by atoms with E-state index in [4.69, 9.17) is 17.3 Å². The number of nitrogens with zero attached hydrogens (tertiary/aromatic N) is 2. The fourth-order valence-corrected chi connectivity index (χ4v) is 3.49. The monoisotopic (exact) mass is 502 g/mol. The number of anilines is 1. The van der Waals surface area contributed by atoms with Gasteiger partial charge in [-0.2, -0.15) is 0 Å². The number of nitro groups is 1. The van der Waals surface area contributed by atoms with Crippen LogP contribution in [0, 0.1) is 21.7 Å². The van der Waals surface area contributed by atoms with Crippen molar-refractivity contribution in [2.24, 2.45) is 5.73 Å². The number of nitrogens with two attached hydrogens (primary N) is 1. The zero-order valence-corrected chi connectivity index (χ0v) is 19.1. The van der Waals surface area contributed by atoms with E-state index in [9.17, 15) is 28.5 Å². The number of benzene rings is 3. The molecule has 0 aliphatic rings. The fraction of sp³-hybridized carbons (Fsp3) is 0.167. The van der Waals surface area contributed by atoms with Crippen LogP contribution in [0.2, 0.25) is 5.02 Å². The van der Waals surface area contributed by atoms with Gasteiger partial charge in [-0.15, -0.1) is 0 Å². The average Bonchev–Trinajstić information content (AvgIpc) is 2.82. The van der Waals surface area contributed by atoms with Crippen LogP contribution in [0.1, 0.15) is 32.7 Å². The predicted molar refractivity (Wildman–Crippen MR) is 127 cm³/mol. The average molecular weight is 503 g/mol. The van der Waals surface area contributed by atoms with Crippen molar-refractivity contribution in [1.29, 1.82) is 0 Å². The van der Waals surface area contributed by atoms with Gasteiger partial charge in [0.15, 0.2) is 0 Å². The second kappa shape index (κ2) is 11.5. The summed E-state index contributed by atoms with van der Waals surface area (Å²) in [6.07, 6.45) is 0.442. The first-order valence-corrected chi connectivity index (χ1v) is 10.9. The molecular formula is C24H21ClF2N4O4. The summed E-state index contributed by atoms with van der Waals surface area (Å²) >= 11 is 6.32. The third-order valence-corrected chi connectivity index (χ3v) is 5.40. The molecule has 182 valence electrons. The minimum Gasteiger partial charge on any atom is -0.334 e. The van der Waals surface area contributed by atoms with Gasteiger partial charge in [0.2, 0.25) is 0 Å². The highest BCUT2D eigenvalue weighted by molar-refractivity contribution is 6.31. The van der Waals surface area contributed by atoms with Gasteiger partial charge in [0.25, 0.3) is 17.5 Å². The first kappa shape index (κ1) is 25.7. The minimum atomic E-state index is -0.874. The maximum atomic E-state index is 13.6. The Labute approximate surface area is 204 Å². The molecule has 0 spiro atoms. The second-order valence-electron chi connectivity index (χ2n) is 7.59. The van der Waals surface area contributed by atoms with Crippen LogP contribution >= 0.6 is 11.6 Å². The van der Waals surface area contributed by atoms with E-state index in [1.54, 1.807) is 12.1 Å². The molecule has 0 unspecified atom stereocenters. The fourth-order valence-electron chi connectivity index (χ4n) is 3.31. The lowest BCUT2D eigenvalue weighted by atomic mass is 10.1. The molecule has 3 rings (SSSR count). The molecule has 2 amide bonds. The number of carbonyl (C=O) groups excluding carboxylic acids is 2. The van der Waals surface area contributed by atoms with E-state index in [0.29, 0.717) is 35.3 Å². The van der Waals surface area contributed by atoms with Crippen molar-refractivity contribution < 1.29 is 23.3 Å². The first-order valence-electron chi connectivity index (χ1n) is 10.5. The van der Waals surface area contributed by atoms with Crippen molar-refractivity contribution in [1.82, 2.24) is 4.90 Å². The molecule has 0 heterocycles. The first-order chi connectivity index (χ1) is 16.7. The summed E-state index contributed by atoms with van der Waals surface area (Å²) < 4.78 is 27.3. The van der Waals surface area contributed by atoms with Crippen molar-refractivity contribution in [3.63, 3.8) is 0 Å². The van der Waals surface area contributed by atoms with Crippen molar-refractivity contribution >= 4 is 34.8 Å². The van der Waals surface area contributed by atoms with Gasteiger partial charge >= 0.3 is 0 Å². The van der Waals surface area contributed by atoms with E-state index in [-0.39, 0.29) is 29.9 Å². The van der Waals surface area contributed by atoms with Gasteiger partial charge < -0.3 is 16.0 Å². The molecule has 35 heavy (non-hydrogen) atoms. The standard InChI is InChI=1S/C24H21ClF2N4O4/c25-22-7-4-20(29-23(32)15-2-5-21(6-3-15)31(34)35)12-17(22)14-30(9-1-8-28)24(33)16-10-18(26)13-19(27)11-16/h2-7,10-13H,1,8-9,14,28H2,(H,29,32). The maximum Gasteiger partial charge on any atom is 0.269 e. The van der Waals surface area contributed by atoms with E-state index < -0.39 is 28.4 Å². The number of rotatable bonds is 9. The third-order valence-electron chi connectivity index (χ3n) is 5.03. The summed E-state index contributed by atoms with van der Waals surface area (Å²) in [5.41, 5.74) is 6.34. The molecule has 0 aromatic heterocycles. The topological polar surface area (TPSA) is 119 Å². The van der Waals surface area contributed by atoms with E-state index in [1.807, 2.05) is 0 Å². The molecule has 0 aliphatic heterocycles. The lowest BCUT2D eigenvalue weighted by Gasteiger charge is -2.24. The van der Waals surface area contributed by atoms with E-state index in [0.717, 1.165) is 12.1 Å². The summed E-state index contributed by atoms with van der Waals surface area (Å²) in [7, 11) is 0. The maximum absolute atomic E-state index is 13.6. The molecule has 8 nitrogen and oxygen atoms in total. The Morgan fingerprint density at radius 1 is 1.00 bits per heavy atom. The Morgan fingerprint density at radius 2 is 1.66 bits per heavy atom. The zero-order chi connectivity index (χ0) is 25.5. The van der Waals surface area contributed by atoms with Crippen LogP contribution in [0.3, 0.4) is 0 Å². The van der Waals surface area contributed by atoms with E-state index >= 15 is 0 Å². The molecule has 0 saturated carbocycles. The predicted octanol–water partition coefficient (Wildman–Crippen LogP) is 4.77. The lowest BCUT2D eigenvalue weighted by molar-refractivity contribution is -0.384. The summed E-state index contributed by atoms with van der Waals surface area (Å²) in [5, 5.41) is 13.8. The summed E-state index contributed by atoms with van der Waals surface area (Å²) in [6.45, 7) is 0.501. The van der Waals surface area contributed by atoms with Gasteiger partial charge in [-0.25, -0.2) is 8.78 Å². The molecule has 0 fully saturated rings. The Balaban J connectivity index is 1.81. The summed E-state index contributed by atoms with van der Waals surface area (Å²) in [6, 6.07) is 12.3. The number of non-ortho nitro benzene ring substituents is 1. The quantitative estimate of drug-likeness (QED) is 0.323. The molecular weight excluding hydrogens is 482 g/mol. The normalized spacial score (nSPS) is 10.6. The molecule has 0 saturated heterocycles. The molecule has 0 bridgehead atoms. The molecule has 3 aromatic carbocycles. The van der Waals surface area contributed by atoms with Gasteiger partial charge in [0, 0.05) is 53.1 Å². The van der Waals surface area contributed by atoms with Gasteiger partial charge in [-0.3, -0.25) is 19.7 Å². The van der Waals surface area contributed by atoms with Crippen LogP contribution in [0.5, 0.6) is 0 Å². The highest BCUT2D eigenvalue weighted by atomic mass is 35.5. The Hall–Kier alpha value is -3.89. The minimum absolute atomic E-state index is 0.00294. The van der Waals surface area contributed by atoms with Crippen LogP contribution in [0.4, 0.5) is 20.2 Å². The number of amides is 2. The second-order valence-corrected chi connectivity index (χ2v) is 8.00. The van der Waals surface area contributed by atoms with Crippen LogP contribution < -0.4 is 11.1 Å². The summed E-state index contributed by atoms with van der Waals surface area (Å²) in [5.74, 6) is -2.85. The lowest BCUT2D eigenvalue weighted by Crippen LogP contribution is -2.33. The number of nitrogens with one attached hydrogen (secondary N) is 1. The molecule has 3 aromatic rings. The van der Waals surface area contributed by atoms with Gasteiger partial charge in [-0.05, 0) is 61.0 Å². The SMILES string of the molecule is NCCCN(Cc1cc(NC(=O)c2ccc([N+](=O)[O-])cc2)ccc1Cl)C(=O)c1cc(F)cc(F)c1. The molecule has 0 radical (unpaired) electrons.